The molecule has 4 fully saturated rings. The van der Waals surface area contributed by atoms with Crippen LogP contribution in [0.25, 0.3) is 0 Å². The zero-order chi connectivity index (χ0) is 20.2. The van der Waals surface area contributed by atoms with Crippen LogP contribution in [0.15, 0.2) is 0 Å². The Bertz CT molecular complexity index is 474. The van der Waals surface area contributed by atoms with E-state index in [1.54, 1.807) is 57.8 Å². The first-order chi connectivity index (χ1) is 14.1. The SMILES string of the molecule is CC1CCCC(C2CC(C)CCCC3CCCCC32)C(C2CCCC2)CC(C)C1. The fourth-order valence-corrected chi connectivity index (χ4v) is 9.05. The normalized spacial score (nSPS) is 46.0. The summed E-state index contributed by atoms with van der Waals surface area (Å²) in [5.41, 5.74) is 0. The first-order valence-electron chi connectivity index (χ1n) is 14.1. The molecule has 0 aliphatic heterocycles. The molecule has 0 N–H and O–H groups in total. The lowest BCUT2D eigenvalue weighted by molar-refractivity contribution is 0.0224. The second-order valence-electron chi connectivity index (χ2n) is 12.6. The molecule has 0 heterocycles. The summed E-state index contributed by atoms with van der Waals surface area (Å²) in [5.74, 6) is 9.38. The lowest BCUT2D eigenvalue weighted by Crippen LogP contribution is -2.39. The Morgan fingerprint density at radius 3 is 1.55 bits per heavy atom. The Morgan fingerprint density at radius 2 is 0.828 bits per heavy atom. The van der Waals surface area contributed by atoms with Gasteiger partial charge in [-0.2, -0.15) is 0 Å². The molecule has 0 saturated heterocycles. The molecule has 4 saturated carbocycles. The molecule has 8 unspecified atom stereocenters. The molecule has 0 spiro atoms. The van der Waals surface area contributed by atoms with E-state index in [4.69, 9.17) is 0 Å². The Balaban J connectivity index is 1.62. The van der Waals surface area contributed by atoms with Crippen LogP contribution in [-0.2, 0) is 0 Å². The van der Waals surface area contributed by atoms with Crippen LogP contribution in [0.5, 0.6) is 0 Å². The fourth-order valence-electron chi connectivity index (χ4n) is 9.05. The van der Waals surface area contributed by atoms with Gasteiger partial charge in [-0.25, -0.2) is 0 Å². The molecular weight excluding hydrogens is 348 g/mol. The van der Waals surface area contributed by atoms with Crippen molar-refractivity contribution in [3.63, 3.8) is 0 Å². The monoisotopic (exact) mass is 400 g/mol. The minimum Gasteiger partial charge on any atom is -0.0625 e. The van der Waals surface area contributed by atoms with Crippen molar-refractivity contribution in [2.24, 2.45) is 53.3 Å². The minimum absolute atomic E-state index is 0.962. The molecule has 8 atom stereocenters. The van der Waals surface area contributed by atoms with Gasteiger partial charge in [-0.05, 0) is 85.4 Å². The van der Waals surface area contributed by atoms with E-state index in [-0.39, 0.29) is 0 Å². The molecule has 4 rings (SSSR count). The molecule has 0 aromatic heterocycles. The number of fused-ring (bicyclic) bond motifs is 1. The molecule has 0 bridgehead atoms. The Kier molecular flexibility index (Phi) is 8.07. The van der Waals surface area contributed by atoms with Crippen molar-refractivity contribution >= 4 is 0 Å². The summed E-state index contributed by atoms with van der Waals surface area (Å²) in [6, 6.07) is 0. The molecule has 0 amide bonds. The Hall–Kier alpha value is 0. The summed E-state index contributed by atoms with van der Waals surface area (Å²) in [4.78, 5) is 0. The summed E-state index contributed by atoms with van der Waals surface area (Å²) in [7, 11) is 0. The molecule has 168 valence electrons. The van der Waals surface area contributed by atoms with Gasteiger partial charge in [-0.1, -0.05) is 97.8 Å². The van der Waals surface area contributed by atoms with Crippen molar-refractivity contribution in [3.05, 3.63) is 0 Å². The number of rotatable bonds is 2. The van der Waals surface area contributed by atoms with Gasteiger partial charge in [0.1, 0.15) is 0 Å². The third-order valence-corrected chi connectivity index (χ3v) is 10.3. The highest BCUT2D eigenvalue weighted by Gasteiger charge is 2.43. The molecule has 29 heavy (non-hydrogen) atoms. The van der Waals surface area contributed by atoms with Crippen LogP contribution in [0.1, 0.15) is 130 Å². The van der Waals surface area contributed by atoms with Gasteiger partial charge in [-0.15, -0.1) is 0 Å². The minimum atomic E-state index is 0.962. The van der Waals surface area contributed by atoms with Crippen molar-refractivity contribution in [1.29, 1.82) is 0 Å². The summed E-state index contributed by atoms with van der Waals surface area (Å²) < 4.78 is 0. The standard InChI is InChI=1S/C29H52/c1-21-11-9-17-27(28(20-23(3)18-21)25-13-4-5-14-25)29-19-22(2)10-8-15-24-12-6-7-16-26(24)29/h21-29H,4-20H2,1-3H3. The van der Waals surface area contributed by atoms with Crippen molar-refractivity contribution in [2.45, 2.75) is 130 Å². The van der Waals surface area contributed by atoms with Crippen LogP contribution in [-0.4, -0.2) is 0 Å². The molecule has 0 radical (unpaired) electrons. The molecular formula is C29H52. The quantitative estimate of drug-likeness (QED) is 0.433. The third-order valence-electron chi connectivity index (χ3n) is 10.3. The summed E-state index contributed by atoms with van der Waals surface area (Å²) in [6.07, 6.45) is 26.3. The maximum Gasteiger partial charge on any atom is -0.0349 e. The van der Waals surface area contributed by atoms with Crippen molar-refractivity contribution < 1.29 is 0 Å². The van der Waals surface area contributed by atoms with E-state index < -0.39 is 0 Å². The zero-order valence-electron chi connectivity index (χ0n) is 20.2. The number of hydrogen-bond acceptors (Lipinski definition) is 0. The summed E-state index contributed by atoms with van der Waals surface area (Å²) >= 11 is 0. The molecule has 0 aromatic carbocycles. The van der Waals surface area contributed by atoms with E-state index in [1.807, 2.05) is 0 Å². The van der Waals surface area contributed by atoms with Gasteiger partial charge in [0.25, 0.3) is 0 Å². The summed E-state index contributed by atoms with van der Waals surface area (Å²) in [6.45, 7) is 7.78. The molecule has 0 aromatic rings. The van der Waals surface area contributed by atoms with Crippen LogP contribution < -0.4 is 0 Å². The molecule has 0 heteroatoms. The van der Waals surface area contributed by atoms with Gasteiger partial charge in [0, 0.05) is 0 Å². The average Bonchev–Trinajstić information content (AvgIpc) is 3.23. The maximum atomic E-state index is 2.62. The molecule has 4 aliphatic carbocycles. The average molecular weight is 401 g/mol. The van der Waals surface area contributed by atoms with Gasteiger partial charge in [0.05, 0.1) is 0 Å². The molecule has 0 nitrogen and oxygen atoms in total. The van der Waals surface area contributed by atoms with E-state index in [9.17, 15) is 0 Å². The lowest BCUT2D eigenvalue weighted by Gasteiger charge is -2.47. The second kappa shape index (κ2) is 10.5. The van der Waals surface area contributed by atoms with Gasteiger partial charge >= 0.3 is 0 Å². The van der Waals surface area contributed by atoms with Crippen molar-refractivity contribution in [3.8, 4) is 0 Å². The van der Waals surface area contributed by atoms with E-state index in [1.165, 1.54) is 51.4 Å². The third kappa shape index (κ3) is 5.63. The smallest absolute Gasteiger partial charge is 0.0349 e. The molecule has 4 aliphatic rings. The van der Waals surface area contributed by atoms with Gasteiger partial charge in [0.15, 0.2) is 0 Å². The fraction of sp³-hybridized carbons (Fsp3) is 1.00. The second-order valence-corrected chi connectivity index (χ2v) is 12.6. The first-order valence-corrected chi connectivity index (χ1v) is 14.1. The lowest BCUT2D eigenvalue weighted by atomic mass is 9.58. The van der Waals surface area contributed by atoms with E-state index in [2.05, 4.69) is 20.8 Å². The Labute approximate surface area is 183 Å². The van der Waals surface area contributed by atoms with Crippen LogP contribution in [0.2, 0.25) is 0 Å². The largest absolute Gasteiger partial charge is 0.0625 e. The van der Waals surface area contributed by atoms with Gasteiger partial charge in [0.2, 0.25) is 0 Å². The highest BCUT2D eigenvalue weighted by Crippen LogP contribution is 2.52. The van der Waals surface area contributed by atoms with E-state index >= 15 is 0 Å². The van der Waals surface area contributed by atoms with Crippen LogP contribution in [0, 0.1) is 53.3 Å². The van der Waals surface area contributed by atoms with E-state index in [0.717, 1.165) is 53.3 Å². The zero-order valence-corrected chi connectivity index (χ0v) is 20.2. The van der Waals surface area contributed by atoms with Crippen LogP contribution in [0.4, 0.5) is 0 Å². The van der Waals surface area contributed by atoms with Crippen molar-refractivity contribution in [2.75, 3.05) is 0 Å². The first kappa shape index (κ1) is 22.2. The number of hydrogen-bond donors (Lipinski definition) is 0. The maximum absolute atomic E-state index is 2.62. The van der Waals surface area contributed by atoms with E-state index in [0.29, 0.717) is 0 Å². The highest BCUT2D eigenvalue weighted by molar-refractivity contribution is 4.93. The van der Waals surface area contributed by atoms with Crippen LogP contribution >= 0.6 is 0 Å². The van der Waals surface area contributed by atoms with Crippen LogP contribution in [0.3, 0.4) is 0 Å². The topological polar surface area (TPSA) is 0 Å². The predicted molar refractivity (Wildman–Crippen MR) is 127 cm³/mol. The van der Waals surface area contributed by atoms with Gasteiger partial charge < -0.3 is 0 Å². The van der Waals surface area contributed by atoms with Gasteiger partial charge in [-0.3, -0.25) is 0 Å². The highest BCUT2D eigenvalue weighted by atomic mass is 14.5. The summed E-state index contributed by atoms with van der Waals surface area (Å²) in [5, 5.41) is 0. The Morgan fingerprint density at radius 1 is 0.345 bits per heavy atom. The van der Waals surface area contributed by atoms with Crippen molar-refractivity contribution in [1.82, 2.24) is 0 Å². The predicted octanol–water partition coefficient (Wildman–Crippen LogP) is 9.28.